The second kappa shape index (κ2) is 10.5. The van der Waals surface area contributed by atoms with Crippen molar-refractivity contribution in [1.29, 1.82) is 0 Å². The fourth-order valence-electron chi connectivity index (χ4n) is 5.57. The number of para-hydroxylation sites is 5. The van der Waals surface area contributed by atoms with Crippen molar-refractivity contribution < 1.29 is 4.57 Å². The molecule has 0 atom stereocenters. The van der Waals surface area contributed by atoms with E-state index in [9.17, 15) is 0 Å². The van der Waals surface area contributed by atoms with E-state index in [1.165, 1.54) is 45.0 Å². The molecular formula is C36H29N4+. The van der Waals surface area contributed by atoms with E-state index >= 15 is 0 Å². The molecule has 2 aromatic heterocycles. The highest BCUT2D eigenvalue weighted by Crippen LogP contribution is 2.51. The van der Waals surface area contributed by atoms with E-state index in [1.54, 1.807) is 0 Å². The molecule has 3 heterocycles. The molecule has 0 N–H and O–H groups in total. The third-order valence-corrected chi connectivity index (χ3v) is 7.44. The summed E-state index contributed by atoms with van der Waals surface area (Å²) in [5.74, 6) is 0. The maximum Gasteiger partial charge on any atom is 0.173 e. The van der Waals surface area contributed by atoms with E-state index in [1.807, 2.05) is 24.5 Å². The molecule has 7 rings (SSSR count). The first-order valence-electron chi connectivity index (χ1n) is 13.6. The summed E-state index contributed by atoms with van der Waals surface area (Å²) in [6.45, 7) is 1.61. The number of aromatic nitrogens is 2. The van der Waals surface area contributed by atoms with E-state index < -0.39 is 0 Å². The molecule has 192 valence electrons. The zero-order valence-electron chi connectivity index (χ0n) is 22.1. The van der Waals surface area contributed by atoms with Crippen molar-refractivity contribution in [3.63, 3.8) is 0 Å². The molecular weight excluding hydrogens is 488 g/mol. The minimum atomic E-state index is 0.788. The van der Waals surface area contributed by atoms with Gasteiger partial charge in [-0.2, -0.15) is 0 Å². The van der Waals surface area contributed by atoms with Crippen LogP contribution in [0.25, 0.3) is 11.1 Å². The monoisotopic (exact) mass is 517 g/mol. The van der Waals surface area contributed by atoms with Crippen molar-refractivity contribution in [1.82, 2.24) is 4.98 Å². The highest BCUT2D eigenvalue weighted by molar-refractivity contribution is 5.97. The zero-order chi connectivity index (χ0) is 26.7. The van der Waals surface area contributed by atoms with Gasteiger partial charge < -0.3 is 9.80 Å². The van der Waals surface area contributed by atoms with Crippen molar-refractivity contribution >= 4 is 28.4 Å². The standard InChI is InChI=1S/C36H29N4/c1-2-11-32(12-3-1)40-35-15-6-4-13-33(35)39(34-14-5-7-16-36(34)40)27-29-10-8-9-28(25-29)26-38-23-19-31(20-24-38)30-17-21-37-22-18-30/h1-25H,26-27H2/q+1. The van der Waals surface area contributed by atoms with Crippen LogP contribution in [-0.2, 0) is 13.1 Å². The maximum atomic E-state index is 4.13. The Morgan fingerprint density at radius 3 is 1.77 bits per heavy atom. The quantitative estimate of drug-likeness (QED) is 0.208. The summed E-state index contributed by atoms with van der Waals surface area (Å²) >= 11 is 0. The molecule has 0 saturated carbocycles. The lowest BCUT2D eigenvalue weighted by Crippen LogP contribution is -2.33. The van der Waals surface area contributed by atoms with Crippen molar-refractivity contribution in [2.45, 2.75) is 13.1 Å². The van der Waals surface area contributed by atoms with Gasteiger partial charge in [-0.1, -0.05) is 60.7 Å². The number of benzene rings is 4. The van der Waals surface area contributed by atoms with Crippen molar-refractivity contribution in [3.8, 4) is 11.1 Å². The molecule has 0 spiro atoms. The largest absolute Gasteiger partial charge is 0.334 e. The normalized spacial score (nSPS) is 12.1. The van der Waals surface area contributed by atoms with Gasteiger partial charge in [0.2, 0.25) is 0 Å². The van der Waals surface area contributed by atoms with E-state index in [-0.39, 0.29) is 0 Å². The number of fused-ring (bicyclic) bond motifs is 2. The maximum absolute atomic E-state index is 4.13. The Hall–Kier alpha value is -5.22. The lowest BCUT2D eigenvalue weighted by atomic mass is 10.0. The van der Waals surface area contributed by atoms with Crippen LogP contribution < -0.4 is 14.4 Å². The molecule has 0 aliphatic carbocycles. The molecule has 0 bridgehead atoms. The first kappa shape index (κ1) is 23.9. The van der Waals surface area contributed by atoms with Gasteiger partial charge in [0.1, 0.15) is 0 Å². The van der Waals surface area contributed by atoms with Gasteiger partial charge in [0, 0.05) is 42.3 Å². The number of nitrogens with zero attached hydrogens (tertiary/aromatic N) is 4. The molecule has 4 nitrogen and oxygen atoms in total. The Bertz CT molecular complexity index is 1700. The average Bonchev–Trinajstić information content (AvgIpc) is 3.02. The van der Waals surface area contributed by atoms with Crippen LogP contribution >= 0.6 is 0 Å². The van der Waals surface area contributed by atoms with E-state index in [2.05, 4.69) is 147 Å². The molecule has 4 aromatic carbocycles. The van der Waals surface area contributed by atoms with Crippen molar-refractivity contribution in [2.75, 3.05) is 9.80 Å². The molecule has 1 aliphatic rings. The average molecular weight is 518 g/mol. The second-order valence-corrected chi connectivity index (χ2v) is 10.0. The van der Waals surface area contributed by atoms with Crippen LogP contribution in [0.5, 0.6) is 0 Å². The van der Waals surface area contributed by atoms with Crippen LogP contribution in [0.1, 0.15) is 11.1 Å². The molecule has 0 radical (unpaired) electrons. The number of hydrogen-bond donors (Lipinski definition) is 0. The van der Waals surface area contributed by atoms with Gasteiger partial charge in [0.25, 0.3) is 0 Å². The topological polar surface area (TPSA) is 23.2 Å². The van der Waals surface area contributed by atoms with Crippen LogP contribution in [0.2, 0.25) is 0 Å². The third kappa shape index (κ3) is 4.61. The fraction of sp³-hybridized carbons (Fsp3) is 0.0556. The molecule has 1 aliphatic heterocycles. The first-order chi connectivity index (χ1) is 19.8. The first-order valence-corrected chi connectivity index (χ1v) is 13.6. The van der Waals surface area contributed by atoms with E-state index in [0.29, 0.717) is 0 Å². The van der Waals surface area contributed by atoms with Gasteiger partial charge in [0.05, 0.1) is 22.7 Å². The van der Waals surface area contributed by atoms with Gasteiger partial charge in [-0.3, -0.25) is 4.98 Å². The summed E-state index contributed by atoms with van der Waals surface area (Å²) in [5.41, 5.74) is 10.9. The molecule has 4 heteroatoms. The summed E-state index contributed by atoms with van der Waals surface area (Å²) in [4.78, 5) is 8.94. The van der Waals surface area contributed by atoms with Crippen molar-refractivity contribution in [3.05, 3.63) is 163 Å². The molecule has 0 unspecified atom stereocenters. The van der Waals surface area contributed by atoms with Gasteiger partial charge in [-0.25, -0.2) is 4.57 Å². The molecule has 0 amide bonds. The predicted octanol–water partition coefficient (Wildman–Crippen LogP) is 8.21. The number of pyridine rings is 2. The number of anilines is 5. The highest BCUT2D eigenvalue weighted by atomic mass is 15.3. The molecule has 0 saturated heterocycles. The molecule has 6 aromatic rings. The van der Waals surface area contributed by atoms with Gasteiger partial charge in [-0.15, -0.1) is 0 Å². The summed E-state index contributed by atoms with van der Waals surface area (Å²) in [7, 11) is 0. The Morgan fingerprint density at radius 1 is 0.525 bits per heavy atom. The third-order valence-electron chi connectivity index (χ3n) is 7.44. The number of hydrogen-bond acceptors (Lipinski definition) is 3. The summed E-state index contributed by atoms with van der Waals surface area (Å²) in [6, 6.07) is 45.4. The van der Waals surface area contributed by atoms with Gasteiger partial charge in [0.15, 0.2) is 18.9 Å². The number of rotatable bonds is 6. The van der Waals surface area contributed by atoms with Crippen LogP contribution in [0.4, 0.5) is 28.4 Å². The predicted molar refractivity (Wildman–Crippen MR) is 162 cm³/mol. The summed E-state index contributed by atoms with van der Waals surface area (Å²) in [6.07, 6.45) is 7.97. The van der Waals surface area contributed by atoms with Gasteiger partial charge in [-0.05, 0) is 71.3 Å². The van der Waals surface area contributed by atoms with Gasteiger partial charge >= 0.3 is 0 Å². The SMILES string of the molecule is c1ccc(N2c3ccccc3N(Cc3cccc(C[n+]4ccc(-c5ccncc5)cc4)c3)c3ccccc32)cc1. The summed E-state index contributed by atoms with van der Waals surface area (Å²) in [5, 5.41) is 0. The Labute approximate surface area is 235 Å². The highest BCUT2D eigenvalue weighted by Gasteiger charge is 2.29. The Balaban J connectivity index is 1.18. The molecule has 0 fully saturated rings. The second-order valence-electron chi connectivity index (χ2n) is 10.0. The van der Waals surface area contributed by atoms with Crippen LogP contribution in [-0.4, -0.2) is 4.98 Å². The lowest BCUT2D eigenvalue weighted by molar-refractivity contribution is -0.688. The van der Waals surface area contributed by atoms with Crippen LogP contribution in [0, 0.1) is 0 Å². The lowest BCUT2D eigenvalue weighted by Gasteiger charge is -2.40. The van der Waals surface area contributed by atoms with Crippen LogP contribution in [0.3, 0.4) is 0 Å². The minimum absolute atomic E-state index is 0.788. The van der Waals surface area contributed by atoms with Crippen molar-refractivity contribution in [2.24, 2.45) is 0 Å². The Morgan fingerprint density at radius 2 is 1.10 bits per heavy atom. The zero-order valence-corrected chi connectivity index (χ0v) is 22.1. The fourth-order valence-corrected chi connectivity index (χ4v) is 5.57. The van der Waals surface area contributed by atoms with E-state index in [4.69, 9.17) is 0 Å². The van der Waals surface area contributed by atoms with Crippen LogP contribution in [0.15, 0.2) is 152 Å². The van der Waals surface area contributed by atoms with E-state index in [0.717, 1.165) is 18.8 Å². The summed E-state index contributed by atoms with van der Waals surface area (Å²) < 4.78 is 2.23. The minimum Gasteiger partial charge on any atom is -0.334 e. The Kier molecular flexibility index (Phi) is 6.27. The molecule has 40 heavy (non-hydrogen) atoms. The smallest absolute Gasteiger partial charge is 0.173 e.